The molecule has 1 atom stereocenters. The Labute approximate surface area is 240 Å². The predicted octanol–water partition coefficient (Wildman–Crippen LogP) is 5.42. The Kier molecular flexibility index (Phi) is 10.1. The van der Waals surface area contributed by atoms with Gasteiger partial charge in [-0.3, -0.25) is 13.9 Å². The quantitative estimate of drug-likeness (QED) is 0.327. The molecule has 0 aliphatic heterocycles. The van der Waals surface area contributed by atoms with E-state index in [1.165, 1.54) is 29.2 Å². The summed E-state index contributed by atoms with van der Waals surface area (Å²) in [5.41, 5.74) is 0.836. The maximum atomic E-state index is 14.0. The van der Waals surface area contributed by atoms with E-state index in [0.717, 1.165) is 60.7 Å². The zero-order valence-electron chi connectivity index (χ0n) is 23.0. The van der Waals surface area contributed by atoms with Crippen molar-refractivity contribution in [1.82, 2.24) is 10.2 Å². The van der Waals surface area contributed by atoms with Crippen LogP contribution in [0.15, 0.2) is 83.8 Å². The van der Waals surface area contributed by atoms with Crippen molar-refractivity contribution < 1.29 is 26.8 Å². The number of nitrogens with one attached hydrogen (secondary N) is 1. The molecule has 4 rings (SSSR count). The lowest BCUT2D eigenvalue weighted by molar-refractivity contribution is -0.140. The summed E-state index contributed by atoms with van der Waals surface area (Å²) in [6, 6.07) is 17.3. The van der Waals surface area contributed by atoms with Gasteiger partial charge in [0.05, 0.1) is 10.6 Å². The largest absolute Gasteiger partial charge is 0.352 e. The minimum absolute atomic E-state index is 0.0189. The van der Waals surface area contributed by atoms with Gasteiger partial charge in [-0.15, -0.1) is 0 Å². The summed E-state index contributed by atoms with van der Waals surface area (Å²) < 4.78 is 55.7. The third-order valence-electron chi connectivity index (χ3n) is 7.33. The molecule has 2 amide bonds. The second kappa shape index (κ2) is 13.7. The molecule has 218 valence electrons. The van der Waals surface area contributed by atoms with Crippen LogP contribution in [0.3, 0.4) is 0 Å². The number of nitrogens with zero attached hydrogens (tertiary/aromatic N) is 2. The van der Waals surface area contributed by atoms with Gasteiger partial charge in [0.1, 0.15) is 24.2 Å². The first kappa shape index (κ1) is 30.2. The molecule has 0 aromatic heterocycles. The van der Waals surface area contributed by atoms with Gasteiger partial charge < -0.3 is 10.2 Å². The molecule has 0 bridgehead atoms. The van der Waals surface area contributed by atoms with Gasteiger partial charge in [0.25, 0.3) is 10.0 Å². The maximum absolute atomic E-state index is 14.0. The fourth-order valence-corrected chi connectivity index (χ4v) is 6.52. The van der Waals surface area contributed by atoms with Crippen molar-refractivity contribution in [3.05, 3.63) is 96.1 Å². The zero-order chi connectivity index (χ0) is 29.4. The van der Waals surface area contributed by atoms with Gasteiger partial charge in [-0.25, -0.2) is 17.2 Å². The molecule has 1 aliphatic carbocycles. The van der Waals surface area contributed by atoms with Crippen molar-refractivity contribution >= 4 is 27.5 Å². The molecule has 1 unspecified atom stereocenters. The van der Waals surface area contributed by atoms with E-state index in [9.17, 15) is 26.8 Å². The van der Waals surface area contributed by atoms with E-state index < -0.39 is 40.2 Å². The van der Waals surface area contributed by atoms with Crippen LogP contribution >= 0.6 is 0 Å². The zero-order valence-corrected chi connectivity index (χ0v) is 23.8. The number of anilines is 1. The number of carbonyl (C=O) groups excluding carboxylic acids is 2. The van der Waals surface area contributed by atoms with Gasteiger partial charge in [-0.2, -0.15) is 0 Å². The fraction of sp³-hybridized carbons (Fsp3) is 0.355. The molecule has 3 aromatic carbocycles. The van der Waals surface area contributed by atoms with E-state index in [2.05, 4.69) is 5.32 Å². The first-order valence-corrected chi connectivity index (χ1v) is 15.3. The Balaban J connectivity index is 1.68. The van der Waals surface area contributed by atoms with E-state index >= 15 is 0 Å². The summed E-state index contributed by atoms with van der Waals surface area (Å²) in [6.45, 7) is 1.17. The smallest absolute Gasteiger partial charge is 0.264 e. The van der Waals surface area contributed by atoms with Crippen LogP contribution in [0.1, 0.15) is 51.0 Å². The molecular formula is C31H35F2N3O4S. The van der Waals surface area contributed by atoms with Crippen molar-refractivity contribution in [1.29, 1.82) is 0 Å². The van der Waals surface area contributed by atoms with E-state index in [-0.39, 0.29) is 29.1 Å². The van der Waals surface area contributed by atoms with Gasteiger partial charge in [0, 0.05) is 12.6 Å². The Morgan fingerprint density at radius 3 is 2.05 bits per heavy atom. The fourth-order valence-electron chi connectivity index (χ4n) is 5.11. The van der Waals surface area contributed by atoms with Crippen LogP contribution in [0.2, 0.25) is 0 Å². The Morgan fingerprint density at radius 1 is 0.878 bits per heavy atom. The molecule has 0 radical (unpaired) electrons. The summed E-state index contributed by atoms with van der Waals surface area (Å²) in [4.78, 5) is 28.7. The van der Waals surface area contributed by atoms with E-state index in [4.69, 9.17) is 0 Å². The second-order valence-corrected chi connectivity index (χ2v) is 12.1. The van der Waals surface area contributed by atoms with Crippen LogP contribution in [0.4, 0.5) is 14.5 Å². The molecule has 41 heavy (non-hydrogen) atoms. The van der Waals surface area contributed by atoms with Crippen LogP contribution in [-0.2, 0) is 26.2 Å². The number of sulfonamides is 1. The normalized spacial score (nSPS) is 14.7. The average molecular weight is 584 g/mol. The highest BCUT2D eigenvalue weighted by atomic mass is 32.2. The van der Waals surface area contributed by atoms with Crippen LogP contribution < -0.4 is 9.62 Å². The van der Waals surface area contributed by atoms with E-state index in [1.54, 1.807) is 37.3 Å². The molecule has 7 nitrogen and oxygen atoms in total. The summed E-state index contributed by atoms with van der Waals surface area (Å²) in [5, 5.41) is 3.09. The Bertz CT molecular complexity index is 1410. The van der Waals surface area contributed by atoms with Gasteiger partial charge in [0.2, 0.25) is 11.8 Å². The molecular weight excluding hydrogens is 548 g/mol. The van der Waals surface area contributed by atoms with Crippen molar-refractivity contribution in [2.75, 3.05) is 10.8 Å². The number of benzene rings is 3. The summed E-state index contributed by atoms with van der Waals surface area (Å²) in [6.07, 6.45) is 5.19. The van der Waals surface area contributed by atoms with Gasteiger partial charge >= 0.3 is 0 Å². The second-order valence-electron chi connectivity index (χ2n) is 10.2. The SMILES string of the molecule is CCC(C(=O)NC1CCCCC1)N(Cc1ccc(F)cc1)C(=O)CN(c1ccccc1)S(=O)(=O)c1ccc(F)cc1. The molecule has 0 spiro atoms. The van der Waals surface area contributed by atoms with Crippen LogP contribution in [0.5, 0.6) is 0 Å². The summed E-state index contributed by atoms with van der Waals surface area (Å²) in [5.74, 6) is -1.93. The average Bonchev–Trinajstić information content (AvgIpc) is 2.98. The Morgan fingerprint density at radius 2 is 1.46 bits per heavy atom. The number of hydrogen-bond donors (Lipinski definition) is 1. The Hall–Kier alpha value is -3.79. The number of amides is 2. The van der Waals surface area contributed by atoms with Crippen molar-refractivity contribution in [2.45, 2.75) is 69.0 Å². The predicted molar refractivity (Wildman–Crippen MR) is 153 cm³/mol. The number of halogens is 2. The molecule has 10 heteroatoms. The minimum Gasteiger partial charge on any atom is -0.352 e. The molecule has 1 saturated carbocycles. The lowest BCUT2D eigenvalue weighted by atomic mass is 9.95. The molecule has 1 aliphatic rings. The van der Waals surface area contributed by atoms with Gasteiger partial charge in [-0.05, 0) is 73.4 Å². The first-order valence-electron chi connectivity index (χ1n) is 13.9. The summed E-state index contributed by atoms with van der Waals surface area (Å²) >= 11 is 0. The molecule has 0 heterocycles. The third-order valence-corrected chi connectivity index (χ3v) is 9.12. The lowest BCUT2D eigenvalue weighted by Gasteiger charge is -2.34. The minimum atomic E-state index is -4.28. The monoisotopic (exact) mass is 583 g/mol. The number of carbonyl (C=O) groups is 2. The maximum Gasteiger partial charge on any atom is 0.264 e. The van der Waals surface area contributed by atoms with Crippen LogP contribution in [0, 0.1) is 11.6 Å². The van der Waals surface area contributed by atoms with Crippen molar-refractivity contribution in [3.63, 3.8) is 0 Å². The van der Waals surface area contributed by atoms with E-state index in [0.29, 0.717) is 12.0 Å². The standard InChI is InChI=1S/C31H35F2N3O4S/c1-2-29(31(38)34-26-9-5-3-6-10-26)35(21-23-13-15-24(32)16-14-23)30(37)22-36(27-11-7-4-8-12-27)41(39,40)28-19-17-25(33)18-20-28/h4,7-8,11-20,26,29H,2-3,5-6,9-10,21-22H2,1H3,(H,34,38). The van der Waals surface area contributed by atoms with Crippen LogP contribution in [-0.4, -0.2) is 43.8 Å². The number of rotatable bonds is 11. The number of para-hydroxylation sites is 1. The highest BCUT2D eigenvalue weighted by Crippen LogP contribution is 2.25. The van der Waals surface area contributed by atoms with Crippen molar-refractivity contribution in [2.24, 2.45) is 0 Å². The van der Waals surface area contributed by atoms with Crippen LogP contribution in [0.25, 0.3) is 0 Å². The van der Waals surface area contributed by atoms with Gasteiger partial charge in [-0.1, -0.05) is 56.5 Å². The van der Waals surface area contributed by atoms with Crippen molar-refractivity contribution in [3.8, 4) is 0 Å². The third kappa shape index (κ3) is 7.70. The molecule has 3 aromatic rings. The summed E-state index contributed by atoms with van der Waals surface area (Å²) in [7, 11) is -4.28. The molecule has 1 fully saturated rings. The van der Waals surface area contributed by atoms with Gasteiger partial charge in [0.15, 0.2) is 0 Å². The molecule has 0 saturated heterocycles. The highest BCUT2D eigenvalue weighted by molar-refractivity contribution is 7.92. The highest BCUT2D eigenvalue weighted by Gasteiger charge is 2.34. The molecule has 1 N–H and O–H groups in total. The number of hydrogen-bond acceptors (Lipinski definition) is 4. The van der Waals surface area contributed by atoms with E-state index in [1.807, 2.05) is 0 Å². The topological polar surface area (TPSA) is 86.8 Å². The lowest BCUT2D eigenvalue weighted by Crippen LogP contribution is -2.54. The first-order chi connectivity index (χ1) is 19.7.